The van der Waals surface area contributed by atoms with Crippen LogP contribution in [-0.2, 0) is 11.8 Å². The van der Waals surface area contributed by atoms with Crippen LogP contribution >= 0.6 is 0 Å². The van der Waals surface area contributed by atoms with Gasteiger partial charge in [-0.15, -0.1) is 0 Å². The Bertz CT molecular complexity index is 580. The van der Waals surface area contributed by atoms with E-state index in [2.05, 4.69) is 44.8 Å². The Balaban J connectivity index is 2.12. The Hall–Kier alpha value is -1.35. The van der Waals surface area contributed by atoms with Gasteiger partial charge in [0.05, 0.1) is 0 Å². The summed E-state index contributed by atoms with van der Waals surface area (Å²) in [5, 5.41) is 0. The molecule has 1 unspecified atom stereocenters. The van der Waals surface area contributed by atoms with E-state index in [-0.39, 0.29) is 5.41 Å². The third-order valence-corrected chi connectivity index (χ3v) is 4.22. The molecule has 0 radical (unpaired) electrons. The average molecular weight is 288 g/mol. The van der Waals surface area contributed by atoms with E-state index in [1.54, 1.807) is 0 Å². The number of benzene rings is 1. The third-order valence-electron chi connectivity index (χ3n) is 4.22. The zero-order chi connectivity index (χ0) is 15.5. The molecular weight excluding hydrogens is 260 g/mol. The minimum atomic E-state index is 0.141. The molecule has 2 aromatic rings. The van der Waals surface area contributed by atoms with Crippen molar-refractivity contribution in [3.63, 3.8) is 0 Å². The number of aryl methyl sites for hydroxylation is 1. The summed E-state index contributed by atoms with van der Waals surface area (Å²) in [6, 6.07) is 6.34. The molecule has 1 aromatic heterocycles. The number of nitrogens with two attached hydrogens (primary N) is 1. The van der Waals surface area contributed by atoms with Crippen LogP contribution in [0.3, 0.4) is 0 Å². The van der Waals surface area contributed by atoms with Crippen molar-refractivity contribution >= 4 is 11.1 Å². The summed E-state index contributed by atoms with van der Waals surface area (Å²) in [6.07, 6.45) is 4.27. The number of fused-ring (bicyclic) bond motifs is 1. The van der Waals surface area contributed by atoms with Crippen LogP contribution in [0, 0.1) is 5.92 Å². The number of nitrogens with zero attached hydrogens (tertiary/aromatic N) is 1. The predicted molar refractivity (Wildman–Crippen MR) is 88.5 cm³/mol. The second kappa shape index (κ2) is 6.61. The lowest BCUT2D eigenvalue weighted by molar-refractivity contribution is 0.415. The topological polar surface area (TPSA) is 52.0 Å². The van der Waals surface area contributed by atoms with Gasteiger partial charge in [-0.3, -0.25) is 0 Å². The Morgan fingerprint density at radius 1 is 1.24 bits per heavy atom. The molecule has 1 heterocycles. The van der Waals surface area contributed by atoms with Gasteiger partial charge in [0, 0.05) is 6.42 Å². The van der Waals surface area contributed by atoms with Gasteiger partial charge >= 0.3 is 0 Å². The molecule has 0 aliphatic rings. The highest BCUT2D eigenvalue weighted by molar-refractivity contribution is 5.73. The van der Waals surface area contributed by atoms with Crippen molar-refractivity contribution in [1.29, 1.82) is 0 Å². The van der Waals surface area contributed by atoms with Crippen molar-refractivity contribution < 1.29 is 4.42 Å². The van der Waals surface area contributed by atoms with E-state index in [9.17, 15) is 0 Å². The average Bonchev–Trinajstić information content (AvgIpc) is 2.84. The summed E-state index contributed by atoms with van der Waals surface area (Å²) >= 11 is 0. The number of hydrogen-bond donors (Lipinski definition) is 1. The summed E-state index contributed by atoms with van der Waals surface area (Å²) in [6.45, 7) is 9.64. The molecule has 0 saturated heterocycles. The van der Waals surface area contributed by atoms with Gasteiger partial charge in [-0.05, 0) is 48.4 Å². The van der Waals surface area contributed by atoms with Gasteiger partial charge < -0.3 is 10.2 Å². The Kier molecular flexibility index (Phi) is 5.04. The molecule has 3 heteroatoms. The molecular formula is C18H28N2O. The first-order valence-electron chi connectivity index (χ1n) is 8.04. The zero-order valence-electron chi connectivity index (χ0n) is 13.8. The van der Waals surface area contributed by atoms with Gasteiger partial charge in [-0.25, -0.2) is 4.98 Å². The standard InChI is InChI=1S/C18H28N2O/c1-5-13(10-11-19)6-9-17-20-15-12-14(18(2,3)4)7-8-16(15)21-17/h7-8,12-13H,5-6,9-11,19H2,1-4H3. The second-order valence-electron chi connectivity index (χ2n) is 6.93. The van der Waals surface area contributed by atoms with E-state index >= 15 is 0 Å². The first-order chi connectivity index (χ1) is 9.94. The van der Waals surface area contributed by atoms with Crippen LogP contribution in [-0.4, -0.2) is 11.5 Å². The summed E-state index contributed by atoms with van der Waals surface area (Å²) in [4.78, 5) is 4.66. The largest absolute Gasteiger partial charge is 0.441 e. The Morgan fingerprint density at radius 2 is 2.00 bits per heavy atom. The SMILES string of the molecule is CCC(CCN)CCc1nc2cc(C(C)(C)C)ccc2o1. The molecule has 21 heavy (non-hydrogen) atoms. The molecule has 0 aliphatic heterocycles. The van der Waals surface area contributed by atoms with Gasteiger partial charge in [0.25, 0.3) is 0 Å². The van der Waals surface area contributed by atoms with Gasteiger partial charge in [-0.1, -0.05) is 40.2 Å². The van der Waals surface area contributed by atoms with E-state index in [4.69, 9.17) is 10.2 Å². The van der Waals surface area contributed by atoms with E-state index < -0.39 is 0 Å². The molecule has 0 saturated carbocycles. The van der Waals surface area contributed by atoms with Gasteiger partial charge in [0.2, 0.25) is 0 Å². The lowest BCUT2D eigenvalue weighted by Crippen LogP contribution is -2.10. The highest BCUT2D eigenvalue weighted by Gasteiger charge is 2.16. The highest BCUT2D eigenvalue weighted by atomic mass is 16.3. The molecule has 2 N–H and O–H groups in total. The van der Waals surface area contributed by atoms with Crippen molar-refractivity contribution in [2.45, 2.75) is 58.8 Å². The van der Waals surface area contributed by atoms with E-state index in [1.165, 1.54) is 12.0 Å². The van der Waals surface area contributed by atoms with Crippen LogP contribution in [0.1, 0.15) is 58.4 Å². The minimum absolute atomic E-state index is 0.141. The minimum Gasteiger partial charge on any atom is -0.441 e. The fraction of sp³-hybridized carbons (Fsp3) is 0.611. The molecule has 0 amide bonds. The first-order valence-corrected chi connectivity index (χ1v) is 8.04. The Morgan fingerprint density at radius 3 is 2.62 bits per heavy atom. The maximum atomic E-state index is 5.87. The van der Waals surface area contributed by atoms with Gasteiger partial charge in [0.1, 0.15) is 5.52 Å². The normalized spacial score (nSPS) is 13.8. The van der Waals surface area contributed by atoms with E-state index in [0.29, 0.717) is 5.92 Å². The van der Waals surface area contributed by atoms with Crippen molar-refractivity contribution in [1.82, 2.24) is 4.98 Å². The lowest BCUT2D eigenvalue weighted by Gasteiger charge is -2.18. The van der Waals surface area contributed by atoms with E-state index in [0.717, 1.165) is 42.8 Å². The van der Waals surface area contributed by atoms with Crippen LogP contribution < -0.4 is 5.73 Å². The summed E-state index contributed by atoms with van der Waals surface area (Å²) in [7, 11) is 0. The lowest BCUT2D eigenvalue weighted by atomic mass is 9.87. The zero-order valence-corrected chi connectivity index (χ0v) is 13.8. The van der Waals surface area contributed by atoms with Crippen molar-refractivity contribution in [3.05, 3.63) is 29.7 Å². The Labute approximate surface area is 127 Å². The van der Waals surface area contributed by atoms with Gasteiger partial charge in [0.15, 0.2) is 11.5 Å². The summed E-state index contributed by atoms with van der Waals surface area (Å²) in [5.41, 5.74) is 8.96. The van der Waals surface area contributed by atoms with Crippen molar-refractivity contribution in [3.8, 4) is 0 Å². The molecule has 116 valence electrons. The number of aromatic nitrogens is 1. The fourth-order valence-electron chi connectivity index (χ4n) is 2.66. The molecule has 2 rings (SSSR count). The van der Waals surface area contributed by atoms with Crippen LogP contribution in [0.4, 0.5) is 0 Å². The molecule has 0 fully saturated rings. The highest BCUT2D eigenvalue weighted by Crippen LogP contribution is 2.27. The summed E-state index contributed by atoms with van der Waals surface area (Å²) < 4.78 is 5.87. The van der Waals surface area contributed by atoms with Crippen LogP contribution in [0.5, 0.6) is 0 Å². The van der Waals surface area contributed by atoms with Crippen molar-refractivity contribution in [2.24, 2.45) is 11.7 Å². The maximum absolute atomic E-state index is 5.87. The second-order valence-corrected chi connectivity index (χ2v) is 6.93. The first kappa shape index (κ1) is 16.0. The number of rotatable bonds is 6. The van der Waals surface area contributed by atoms with Crippen LogP contribution in [0.25, 0.3) is 11.1 Å². The summed E-state index contributed by atoms with van der Waals surface area (Å²) in [5.74, 6) is 1.53. The molecule has 0 aliphatic carbocycles. The molecule has 3 nitrogen and oxygen atoms in total. The van der Waals surface area contributed by atoms with Gasteiger partial charge in [-0.2, -0.15) is 0 Å². The molecule has 0 spiro atoms. The quantitative estimate of drug-likeness (QED) is 0.855. The van der Waals surface area contributed by atoms with Crippen LogP contribution in [0.15, 0.2) is 22.6 Å². The monoisotopic (exact) mass is 288 g/mol. The van der Waals surface area contributed by atoms with Crippen molar-refractivity contribution in [2.75, 3.05) is 6.54 Å². The smallest absolute Gasteiger partial charge is 0.195 e. The number of oxazole rings is 1. The molecule has 1 atom stereocenters. The predicted octanol–water partition coefficient (Wildman–Crippen LogP) is 4.43. The maximum Gasteiger partial charge on any atom is 0.195 e. The molecule has 0 bridgehead atoms. The van der Waals surface area contributed by atoms with E-state index in [1.807, 2.05) is 6.07 Å². The number of hydrogen-bond acceptors (Lipinski definition) is 3. The molecule has 1 aromatic carbocycles. The fourth-order valence-corrected chi connectivity index (χ4v) is 2.66. The van der Waals surface area contributed by atoms with Crippen LogP contribution in [0.2, 0.25) is 0 Å². The third kappa shape index (κ3) is 4.07.